The Bertz CT molecular complexity index is 1210. The van der Waals surface area contributed by atoms with Crippen LogP contribution in [0, 0.1) is 12.7 Å². The fraction of sp³-hybridized carbons (Fsp3) is 0.346. The monoisotopic (exact) mass is 516 g/mol. The molecule has 0 radical (unpaired) electrons. The van der Waals surface area contributed by atoms with Gasteiger partial charge in [-0.15, -0.1) is 11.3 Å². The summed E-state index contributed by atoms with van der Waals surface area (Å²) in [5.41, 5.74) is 1.72. The second-order valence-electron chi connectivity index (χ2n) is 8.70. The van der Waals surface area contributed by atoms with Gasteiger partial charge in [0, 0.05) is 24.6 Å². The Labute approximate surface area is 210 Å². The van der Waals surface area contributed by atoms with Gasteiger partial charge in [0.15, 0.2) is 0 Å². The number of amides is 1. The summed E-state index contributed by atoms with van der Waals surface area (Å²) in [5.74, 6) is -0.673. The molecule has 6 nitrogen and oxygen atoms in total. The predicted molar refractivity (Wildman–Crippen MR) is 134 cm³/mol. The number of ether oxygens (including phenoxy) is 1. The Morgan fingerprint density at radius 1 is 1.09 bits per heavy atom. The molecule has 1 aliphatic rings. The zero-order valence-electron chi connectivity index (χ0n) is 19.6. The van der Waals surface area contributed by atoms with Gasteiger partial charge in [-0.05, 0) is 61.0 Å². The van der Waals surface area contributed by atoms with Crippen molar-refractivity contribution in [3.8, 4) is 0 Å². The first-order valence-corrected chi connectivity index (χ1v) is 13.9. The summed E-state index contributed by atoms with van der Waals surface area (Å²) in [6, 6.07) is 16.5. The van der Waals surface area contributed by atoms with Gasteiger partial charge in [-0.1, -0.05) is 35.9 Å². The van der Waals surface area contributed by atoms with Crippen molar-refractivity contribution in [2.45, 2.75) is 43.9 Å². The van der Waals surface area contributed by atoms with Gasteiger partial charge in [-0.25, -0.2) is 12.8 Å². The van der Waals surface area contributed by atoms with Crippen molar-refractivity contribution in [2.24, 2.45) is 0 Å². The van der Waals surface area contributed by atoms with E-state index >= 15 is 0 Å². The maximum absolute atomic E-state index is 13.6. The van der Waals surface area contributed by atoms with Crippen LogP contribution in [0.15, 0.2) is 70.9 Å². The molecule has 2 heterocycles. The molecule has 1 saturated heterocycles. The van der Waals surface area contributed by atoms with E-state index < -0.39 is 10.0 Å². The predicted octanol–water partition coefficient (Wildman–Crippen LogP) is 4.59. The minimum atomic E-state index is -3.92. The van der Waals surface area contributed by atoms with Crippen LogP contribution in [0.1, 0.15) is 28.8 Å². The lowest BCUT2D eigenvalue weighted by molar-refractivity contribution is -0.132. The second kappa shape index (κ2) is 11.4. The third-order valence-electron chi connectivity index (χ3n) is 5.97. The molecule has 0 N–H and O–H groups in total. The Balaban J connectivity index is 1.59. The number of sulfonamides is 1. The molecule has 1 unspecified atom stereocenters. The highest BCUT2D eigenvalue weighted by molar-refractivity contribution is 7.89. The third kappa shape index (κ3) is 6.76. The van der Waals surface area contributed by atoms with Crippen molar-refractivity contribution in [2.75, 3.05) is 19.7 Å². The fourth-order valence-electron chi connectivity index (χ4n) is 4.01. The number of rotatable bonds is 10. The molecular weight excluding hydrogens is 487 g/mol. The molecular formula is C26H29FN2O4S2. The van der Waals surface area contributed by atoms with Crippen LogP contribution in [0.25, 0.3) is 0 Å². The first-order valence-electron chi connectivity index (χ1n) is 11.5. The number of hydrogen-bond acceptors (Lipinski definition) is 5. The third-order valence-corrected chi connectivity index (χ3v) is 8.65. The first-order chi connectivity index (χ1) is 16.8. The average molecular weight is 517 g/mol. The maximum atomic E-state index is 13.6. The minimum absolute atomic E-state index is 0.116. The number of nitrogens with zero attached hydrogens (tertiary/aromatic N) is 2. The molecule has 1 fully saturated rings. The van der Waals surface area contributed by atoms with Crippen LogP contribution >= 0.6 is 11.3 Å². The Kier molecular flexibility index (Phi) is 8.33. The molecule has 0 bridgehead atoms. The fourth-order valence-corrected chi connectivity index (χ4v) is 6.15. The lowest BCUT2D eigenvalue weighted by Gasteiger charge is -2.28. The van der Waals surface area contributed by atoms with Crippen LogP contribution in [0.5, 0.6) is 0 Å². The molecule has 186 valence electrons. The minimum Gasteiger partial charge on any atom is -0.377 e. The van der Waals surface area contributed by atoms with E-state index in [0.717, 1.165) is 28.8 Å². The highest BCUT2D eigenvalue weighted by atomic mass is 32.2. The molecule has 1 amide bonds. The van der Waals surface area contributed by atoms with Gasteiger partial charge in [-0.3, -0.25) is 4.79 Å². The summed E-state index contributed by atoms with van der Waals surface area (Å²) in [6.45, 7) is 2.88. The number of thiophene rings is 1. The van der Waals surface area contributed by atoms with Gasteiger partial charge in [0.05, 0.1) is 24.1 Å². The summed E-state index contributed by atoms with van der Waals surface area (Å²) in [7, 11) is -3.92. The molecule has 3 aromatic rings. The van der Waals surface area contributed by atoms with Gasteiger partial charge < -0.3 is 9.64 Å². The quantitative estimate of drug-likeness (QED) is 0.395. The van der Waals surface area contributed by atoms with E-state index in [9.17, 15) is 17.6 Å². The lowest BCUT2D eigenvalue weighted by Crippen LogP contribution is -2.45. The summed E-state index contributed by atoms with van der Waals surface area (Å²) in [5, 5.41) is 1.93. The van der Waals surface area contributed by atoms with Crippen molar-refractivity contribution < 1.29 is 22.3 Å². The van der Waals surface area contributed by atoms with Crippen molar-refractivity contribution in [3.05, 3.63) is 87.9 Å². The summed E-state index contributed by atoms with van der Waals surface area (Å²) >= 11 is 1.52. The largest absolute Gasteiger partial charge is 0.377 e. The van der Waals surface area contributed by atoms with Crippen LogP contribution in [0.2, 0.25) is 0 Å². The van der Waals surface area contributed by atoms with E-state index in [-0.39, 0.29) is 42.4 Å². The van der Waals surface area contributed by atoms with Gasteiger partial charge in [0.1, 0.15) is 5.82 Å². The van der Waals surface area contributed by atoms with Crippen LogP contribution in [0.4, 0.5) is 4.39 Å². The average Bonchev–Trinajstić information content (AvgIpc) is 3.54. The van der Waals surface area contributed by atoms with E-state index in [4.69, 9.17) is 4.74 Å². The molecule has 1 atom stereocenters. The summed E-state index contributed by atoms with van der Waals surface area (Å²) < 4.78 is 47.5. The molecule has 1 aliphatic heterocycles. The molecule has 0 aliphatic carbocycles. The smallest absolute Gasteiger partial charge is 0.243 e. The number of carbonyl (C=O) groups excluding carboxylic acids is 1. The zero-order valence-corrected chi connectivity index (χ0v) is 21.2. The SMILES string of the molecule is Cc1ccc(S(=O)(=O)N(CC(=O)N(Cc2ccc(F)cc2)Cc2cccs2)CC2CCCO2)cc1. The van der Waals surface area contributed by atoms with E-state index in [1.165, 1.54) is 27.8 Å². The van der Waals surface area contributed by atoms with Crippen LogP contribution in [-0.2, 0) is 32.6 Å². The van der Waals surface area contributed by atoms with E-state index in [2.05, 4.69) is 0 Å². The van der Waals surface area contributed by atoms with Crippen LogP contribution in [-0.4, -0.2) is 49.3 Å². The summed E-state index contributed by atoms with van der Waals surface area (Å²) in [6.07, 6.45) is 1.38. The number of carbonyl (C=O) groups is 1. The normalized spacial score (nSPS) is 16.0. The highest BCUT2D eigenvalue weighted by Crippen LogP contribution is 2.22. The highest BCUT2D eigenvalue weighted by Gasteiger charge is 2.32. The Morgan fingerprint density at radius 3 is 2.46 bits per heavy atom. The molecule has 0 saturated carbocycles. The maximum Gasteiger partial charge on any atom is 0.243 e. The van der Waals surface area contributed by atoms with E-state index in [0.29, 0.717) is 13.2 Å². The van der Waals surface area contributed by atoms with Gasteiger partial charge in [-0.2, -0.15) is 4.31 Å². The first kappa shape index (κ1) is 25.5. The van der Waals surface area contributed by atoms with Crippen molar-refractivity contribution in [3.63, 3.8) is 0 Å². The van der Waals surface area contributed by atoms with Gasteiger partial charge in [0.2, 0.25) is 15.9 Å². The van der Waals surface area contributed by atoms with Crippen LogP contribution in [0.3, 0.4) is 0 Å². The molecule has 9 heteroatoms. The summed E-state index contributed by atoms with van der Waals surface area (Å²) in [4.78, 5) is 16.3. The van der Waals surface area contributed by atoms with Crippen molar-refractivity contribution >= 4 is 27.3 Å². The Morgan fingerprint density at radius 2 is 1.83 bits per heavy atom. The molecule has 4 rings (SSSR count). The molecule has 1 aromatic heterocycles. The van der Waals surface area contributed by atoms with Crippen molar-refractivity contribution in [1.29, 1.82) is 0 Å². The Hall–Kier alpha value is -2.59. The zero-order chi connectivity index (χ0) is 24.8. The van der Waals surface area contributed by atoms with Gasteiger partial charge >= 0.3 is 0 Å². The molecule has 2 aromatic carbocycles. The second-order valence-corrected chi connectivity index (χ2v) is 11.7. The number of halogens is 1. The van der Waals surface area contributed by atoms with E-state index in [1.807, 2.05) is 24.4 Å². The molecule has 0 spiro atoms. The number of hydrogen-bond donors (Lipinski definition) is 0. The lowest BCUT2D eigenvalue weighted by atomic mass is 10.2. The topological polar surface area (TPSA) is 66.9 Å². The standard InChI is InChI=1S/C26H29FN2O4S2/c1-20-6-12-25(13-7-20)35(31,32)29(17-23-4-2-14-33-23)19-26(30)28(18-24-5-3-15-34-24)16-21-8-10-22(27)11-9-21/h3,5-13,15,23H,2,4,14,16-19H2,1H3. The van der Waals surface area contributed by atoms with Gasteiger partial charge in [0.25, 0.3) is 0 Å². The van der Waals surface area contributed by atoms with E-state index in [1.54, 1.807) is 41.3 Å². The van der Waals surface area contributed by atoms with Crippen LogP contribution < -0.4 is 0 Å². The number of aryl methyl sites for hydroxylation is 1. The van der Waals surface area contributed by atoms with Crippen molar-refractivity contribution in [1.82, 2.24) is 9.21 Å². The molecule has 35 heavy (non-hydrogen) atoms. The number of benzene rings is 2.